The normalized spacial score (nSPS) is 19.5. The van der Waals surface area contributed by atoms with Gasteiger partial charge in [0.2, 0.25) is 0 Å². The topological polar surface area (TPSA) is 72.9 Å². The van der Waals surface area contributed by atoms with Crippen LogP contribution in [0.1, 0.15) is 29.5 Å². The standard InChI is InChI=1S/C23H20ClN3O3S/c24-15-5-7-16(8-6-15)27-22(30)18(21(29)25-23(27)31)12-14-11-13-3-1-9-26-10-2-4-17(19(13)26)20(14)28/h5-8,11-12,28H,1-4,9-10H2,(H,25,29,31)/b18-12-. The molecule has 0 aliphatic carbocycles. The van der Waals surface area contributed by atoms with Crippen molar-refractivity contribution in [2.75, 3.05) is 22.9 Å². The predicted molar refractivity (Wildman–Crippen MR) is 125 cm³/mol. The smallest absolute Gasteiger partial charge is 0.270 e. The van der Waals surface area contributed by atoms with E-state index in [0.717, 1.165) is 55.6 Å². The molecule has 1 fully saturated rings. The van der Waals surface area contributed by atoms with E-state index in [0.29, 0.717) is 16.3 Å². The second-order valence-electron chi connectivity index (χ2n) is 7.93. The molecule has 1 saturated heterocycles. The summed E-state index contributed by atoms with van der Waals surface area (Å²) in [6, 6.07) is 8.53. The van der Waals surface area contributed by atoms with Crippen LogP contribution in [0.4, 0.5) is 11.4 Å². The van der Waals surface area contributed by atoms with Crippen molar-refractivity contribution < 1.29 is 14.7 Å². The Hall–Kier alpha value is -2.90. The van der Waals surface area contributed by atoms with Crippen molar-refractivity contribution in [1.82, 2.24) is 5.32 Å². The Labute approximate surface area is 190 Å². The summed E-state index contributed by atoms with van der Waals surface area (Å²) in [4.78, 5) is 29.5. The molecule has 0 saturated carbocycles. The number of anilines is 2. The molecule has 0 bridgehead atoms. The van der Waals surface area contributed by atoms with Gasteiger partial charge in [0, 0.05) is 34.9 Å². The van der Waals surface area contributed by atoms with Crippen molar-refractivity contribution in [2.24, 2.45) is 0 Å². The molecule has 158 valence electrons. The number of carbonyl (C=O) groups excluding carboxylic acids is 2. The van der Waals surface area contributed by atoms with Gasteiger partial charge in [0.1, 0.15) is 11.3 Å². The lowest BCUT2D eigenvalue weighted by molar-refractivity contribution is -0.122. The van der Waals surface area contributed by atoms with E-state index in [1.807, 2.05) is 6.07 Å². The predicted octanol–water partition coefficient (Wildman–Crippen LogP) is 3.58. The molecule has 2 aromatic rings. The fourth-order valence-electron chi connectivity index (χ4n) is 4.62. The maximum atomic E-state index is 13.2. The largest absolute Gasteiger partial charge is 0.507 e. The van der Waals surface area contributed by atoms with E-state index in [1.54, 1.807) is 24.3 Å². The van der Waals surface area contributed by atoms with Crippen LogP contribution in [-0.4, -0.2) is 35.1 Å². The number of hydrogen-bond donors (Lipinski definition) is 2. The summed E-state index contributed by atoms with van der Waals surface area (Å²) in [7, 11) is 0. The van der Waals surface area contributed by atoms with E-state index in [1.165, 1.54) is 11.0 Å². The second-order valence-corrected chi connectivity index (χ2v) is 8.75. The number of phenols is 1. The molecule has 6 nitrogen and oxygen atoms in total. The summed E-state index contributed by atoms with van der Waals surface area (Å²) < 4.78 is 0. The van der Waals surface area contributed by atoms with Gasteiger partial charge in [0.25, 0.3) is 11.8 Å². The van der Waals surface area contributed by atoms with Gasteiger partial charge in [-0.1, -0.05) is 11.6 Å². The molecule has 0 unspecified atom stereocenters. The van der Waals surface area contributed by atoms with E-state index in [2.05, 4.69) is 10.2 Å². The van der Waals surface area contributed by atoms with Gasteiger partial charge >= 0.3 is 0 Å². The van der Waals surface area contributed by atoms with Crippen molar-refractivity contribution >= 4 is 58.2 Å². The van der Waals surface area contributed by atoms with Gasteiger partial charge in [-0.2, -0.15) is 0 Å². The Kier molecular flexibility index (Phi) is 4.95. The van der Waals surface area contributed by atoms with Crippen LogP contribution in [0.25, 0.3) is 6.08 Å². The Morgan fingerprint density at radius 2 is 1.81 bits per heavy atom. The Balaban J connectivity index is 1.58. The number of nitrogens with zero attached hydrogens (tertiary/aromatic N) is 2. The number of carbonyl (C=O) groups is 2. The molecular weight excluding hydrogens is 434 g/mol. The fraction of sp³-hybridized carbons (Fsp3) is 0.261. The summed E-state index contributed by atoms with van der Waals surface area (Å²) in [6.07, 6.45) is 5.19. The van der Waals surface area contributed by atoms with Gasteiger partial charge in [0.15, 0.2) is 5.11 Å². The lowest BCUT2D eigenvalue weighted by atomic mass is 9.88. The van der Waals surface area contributed by atoms with E-state index in [4.69, 9.17) is 23.8 Å². The van der Waals surface area contributed by atoms with Gasteiger partial charge in [-0.3, -0.25) is 19.8 Å². The first-order valence-corrected chi connectivity index (χ1v) is 11.0. The molecule has 3 aliphatic rings. The van der Waals surface area contributed by atoms with Crippen molar-refractivity contribution in [3.63, 3.8) is 0 Å². The summed E-state index contributed by atoms with van der Waals surface area (Å²) in [5.41, 5.74) is 4.10. The maximum Gasteiger partial charge on any atom is 0.270 e. The summed E-state index contributed by atoms with van der Waals surface area (Å²) in [6.45, 7) is 1.99. The number of amides is 2. The molecule has 2 aromatic carbocycles. The van der Waals surface area contributed by atoms with Crippen LogP contribution in [0, 0.1) is 0 Å². The molecule has 2 amide bonds. The first-order chi connectivity index (χ1) is 14.9. The molecule has 3 aliphatic heterocycles. The minimum atomic E-state index is -0.576. The van der Waals surface area contributed by atoms with Crippen LogP contribution in [0.3, 0.4) is 0 Å². The van der Waals surface area contributed by atoms with Gasteiger partial charge < -0.3 is 10.0 Å². The lowest BCUT2D eigenvalue weighted by Crippen LogP contribution is -2.54. The van der Waals surface area contributed by atoms with Gasteiger partial charge in [-0.15, -0.1) is 0 Å². The summed E-state index contributed by atoms with van der Waals surface area (Å²) >= 11 is 11.2. The molecule has 3 heterocycles. The number of aromatic hydroxyl groups is 1. The van der Waals surface area contributed by atoms with Gasteiger partial charge in [-0.25, -0.2) is 0 Å². The molecule has 5 rings (SSSR count). The van der Waals surface area contributed by atoms with E-state index < -0.39 is 11.8 Å². The van der Waals surface area contributed by atoms with Crippen LogP contribution in [0.15, 0.2) is 35.9 Å². The Morgan fingerprint density at radius 1 is 1.10 bits per heavy atom. The van der Waals surface area contributed by atoms with Crippen LogP contribution in [-0.2, 0) is 22.4 Å². The quantitative estimate of drug-likeness (QED) is 0.413. The summed E-state index contributed by atoms with van der Waals surface area (Å²) in [5, 5.41) is 14.1. The van der Waals surface area contributed by atoms with E-state index in [9.17, 15) is 14.7 Å². The molecule has 0 radical (unpaired) electrons. The second kappa shape index (κ2) is 7.66. The number of halogens is 1. The average Bonchev–Trinajstić information content (AvgIpc) is 2.75. The number of hydrogen-bond acceptors (Lipinski definition) is 5. The van der Waals surface area contributed by atoms with E-state index in [-0.39, 0.29) is 16.4 Å². The summed E-state index contributed by atoms with van der Waals surface area (Å²) in [5.74, 6) is -0.972. The fourth-order valence-corrected chi connectivity index (χ4v) is 5.02. The molecule has 0 spiro atoms. The third-order valence-corrected chi connectivity index (χ3v) is 6.55. The first kappa shape index (κ1) is 20.0. The number of nitrogens with one attached hydrogen (secondary N) is 1. The number of benzene rings is 2. The lowest BCUT2D eigenvalue weighted by Gasteiger charge is -2.37. The minimum Gasteiger partial charge on any atom is -0.507 e. The zero-order valence-electron chi connectivity index (χ0n) is 16.7. The highest BCUT2D eigenvalue weighted by Crippen LogP contribution is 2.42. The van der Waals surface area contributed by atoms with Gasteiger partial charge in [0.05, 0.1) is 5.69 Å². The molecule has 0 aromatic heterocycles. The zero-order chi connectivity index (χ0) is 21.7. The number of phenolic OH excluding ortho intramolecular Hbond substituents is 1. The average molecular weight is 454 g/mol. The Morgan fingerprint density at radius 3 is 2.55 bits per heavy atom. The third-order valence-electron chi connectivity index (χ3n) is 6.01. The first-order valence-electron chi connectivity index (χ1n) is 10.2. The van der Waals surface area contributed by atoms with Crippen LogP contribution < -0.4 is 15.1 Å². The molecular formula is C23H20ClN3O3S. The van der Waals surface area contributed by atoms with Crippen molar-refractivity contribution in [1.29, 1.82) is 0 Å². The van der Waals surface area contributed by atoms with Gasteiger partial charge in [-0.05, 0) is 79.9 Å². The minimum absolute atomic E-state index is 0.00914. The molecule has 2 N–H and O–H groups in total. The van der Waals surface area contributed by atoms with Crippen molar-refractivity contribution in [2.45, 2.75) is 25.7 Å². The number of aryl methyl sites for hydroxylation is 1. The number of thiocarbonyl (C=S) groups is 1. The molecule has 31 heavy (non-hydrogen) atoms. The monoisotopic (exact) mass is 453 g/mol. The van der Waals surface area contributed by atoms with Crippen LogP contribution >= 0.6 is 23.8 Å². The van der Waals surface area contributed by atoms with E-state index >= 15 is 0 Å². The van der Waals surface area contributed by atoms with Crippen molar-refractivity contribution in [3.8, 4) is 5.75 Å². The maximum absolute atomic E-state index is 13.2. The SMILES string of the molecule is O=C1NC(=S)N(c2ccc(Cl)cc2)C(=O)/C1=C\c1cc2c3c(c1O)CCCN3CCC2. The third kappa shape index (κ3) is 3.38. The van der Waals surface area contributed by atoms with Crippen LogP contribution in [0.5, 0.6) is 5.75 Å². The zero-order valence-corrected chi connectivity index (χ0v) is 18.2. The van der Waals surface area contributed by atoms with Crippen LogP contribution in [0.2, 0.25) is 5.02 Å². The molecule has 0 atom stereocenters. The molecule has 8 heteroatoms. The highest BCUT2D eigenvalue weighted by atomic mass is 35.5. The highest BCUT2D eigenvalue weighted by molar-refractivity contribution is 7.80. The number of rotatable bonds is 2. The highest BCUT2D eigenvalue weighted by Gasteiger charge is 2.35. The Bertz CT molecular complexity index is 1160. The van der Waals surface area contributed by atoms with Crippen molar-refractivity contribution in [3.05, 3.63) is 57.6 Å².